The summed E-state index contributed by atoms with van der Waals surface area (Å²) >= 11 is 0. The fraction of sp³-hybridized carbons (Fsp3) is 0.481. The molecule has 0 saturated carbocycles. The second-order valence-corrected chi connectivity index (χ2v) is 9.90. The van der Waals surface area contributed by atoms with Gasteiger partial charge in [-0.2, -0.15) is 0 Å². The van der Waals surface area contributed by atoms with E-state index in [9.17, 15) is 19.2 Å². The fourth-order valence-corrected chi connectivity index (χ4v) is 4.16. The van der Waals surface area contributed by atoms with E-state index >= 15 is 0 Å². The maximum absolute atomic E-state index is 13.3. The summed E-state index contributed by atoms with van der Waals surface area (Å²) in [5, 5.41) is 0. The second-order valence-electron chi connectivity index (χ2n) is 9.90. The third-order valence-electron chi connectivity index (χ3n) is 6.54. The lowest BCUT2D eigenvalue weighted by molar-refractivity contribution is -0.120. The number of carbonyl (C=O) groups is 2. The molecule has 2 heterocycles. The summed E-state index contributed by atoms with van der Waals surface area (Å²) in [6.45, 7) is 10.6. The lowest BCUT2D eigenvalue weighted by Gasteiger charge is -2.35. The van der Waals surface area contributed by atoms with Crippen LogP contribution in [0.4, 0.5) is 5.69 Å². The zero-order chi connectivity index (χ0) is 26.6. The number of nitrogens with zero attached hydrogens (tertiary/aromatic N) is 5. The van der Waals surface area contributed by atoms with Gasteiger partial charge in [0, 0.05) is 58.6 Å². The lowest BCUT2D eigenvalue weighted by atomic mass is 10.0. The molecule has 0 aliphatic carbocycles. The van der Waals surface area contributed by atoms with Crippen LogP contribution in [0.25, 0.3) is 0 Å². The minimum Gasteiger partial charge on any atom is -0.336 e. The number of carbonyl (C=O) groups excluding carboxylic acids is 2. The molecule has 0 N–H and O–H groups in total. The van der Waals surface area contributed by atoms with E-state index in [2.05, 4.69) is 13.8 Å². The molecule has 194 valence electrons. The van der Waals surface area contributed by atoms with Gasteiger partial charge in [0.25, 0.3) is 11.5 Å². The molecule has 9 heteroatoms. The van der Waals surface area contributed by atoms with Gasteiger partial charge in [-0.15, -0.1) is 0 Å². The molecule has 36 heavy (non-hydrogen) atoms. The maximum Gasteiger partial charge on any atom is 0.330 e. The Bertz CT molecular complexity index is 1240. The lowest BCUT2D eigenvalue weighted by Crippen LogP contribution is -2.52. The van der Waals surface area contributed by atoms with E-state index in [0.29, 0.717) is 37.7 Å². The molecular weight excluding hydrogens is 458 g/mol. The molecule has 0 atom stereocenters. The molecule has 9 nitrogen and oxygen atoms in total. The van der Waals surface area contributed by atoms with Crippen molar-refractivity contribution < 1.29 is 9.59 Å². The molecule has 2 aromatic rings. The van der Waals surface area contributed by atoms with Crippen molar-refractivity contribution in [2.45, 2.75) is 33.6 Å². The molecule has 2 amide bonds. The molecule has 1 aromatic carbocycles. The van der Waals surface area contributed by atoms with Crippen molar-refractivity contribution in [2.24, 2.45) is 14.1 Å². The number of hydrogen-bond donors (Lipinski definition) is 0. The first kappa shape index (κ1) is 27.1. The van der Waals surface area contributed by atoms with Crippen LogP contribution in [0, 0.1) is 0 Å². The first-order valence-electron chi connectivity index (χ1n) is 12.3. The van der Waals surface area contributed by atoms with Crippen molar-refractivity contribution in [3.8, 4) is 0 Å². The highest BCUT2D eigenvalue weighted by Gasteiger charge is 2.26. The molecule has 1 aliphatic rings. The Labute approximate surface area is 212 Å². The van der Waals surface area contributed by atoms with Crippen LogP contribution in [-0.2, 0) is 18.9 Å². The van der Waals surface area contributed by atoms with E-state index in [-0.39, 0.29) is 30.6 Å². The van der Waals surface area contributed by atoms with E-state index in [0.717, 1.165) is 10.1 Å². The number of benzene rings is 1. The van der Waals surface area contributed by atoms with Gasteiger partial charge in [0.15, 0.2) is 0 Å². The molecule has 0 spiro atoms. The number of amides is 2. The van der Waals surface area contributed by atoms with Gasteiger partial charge in [0.05, 0.1) is 6.54 Å². The van der Waals surface area contributed by atoms with Crippen molar-refractivity contribution >= 4 is 17.5 Å². The highest BCUT2D eigenvalue weighted by Crippen LogP contribution is 2.17. The quantitative estimate of drug-likeness (QED) is 0.548. The Balaban J connectivity index is 1.69. The monoisotopic (exact) mass is 495 g/mol. The van der Waals surface area contributed by atoms with E-state index in [1.54, 1.807) is 7.05 Å². The Kier molecular flexibility index (Phi) is 8.68. The van der Waals surface area contributed by atoms with Gasteiger partial charge in [0.1, 0.15) is 5.69 Å². The van der Waals surface area contributed by atoms with E-state index < -0.39 is 11.2 Å². The summed E-state index contributed by atoms with van der Waals surface area (Å²) in [5.41, 5.74) is 2.09. The zero-order valence-corrected chi connectivity index (χ0v) is 22.2. The molecular formula is C27H37N5O4. The van der Waals surface area contributed by atoms with Crippen molar-refractivity contribution in [1.82, 2.24) is 18.9 Å². The first-order chi connectivity index (χ1) is 17.0. The number of allylic oxidation sites excluding steroid dienone is 1. The normalized spacial score (nSPS) is 14.1. The largest absolute Gasteiger partial charge is 0.336 e. The van der Waals surface area contributed by atoms with E-state index in [4.69, 9.17) is 0 Å². The van der Waals surface area contributed by atoms with Gasteiger partial charge in [-0.25, -0.2) is 4.79 Å². The third kappa shape index (κ3) is 6.20. The third-order valence-corrected chi connectivity index (χ3v) is 6.54. The summed E-state index contributed by atoms with van der Waals surface area (Å²) < 4.78 is 2.31. The van der Waals surface area contributed by atoms with Crippen LogP contribution in [0.1, 0.15) is 49.5 Å². The Morgan fingerprint density at radius 3 is 2.17 bits per heavy atom. The Morgan fingerprint density at radius 1 is 1.00 bits per heavy atom. The maximum atomic E-state index is 13.3. The number of hydrogen-bond acceptors (Lipinski definition) is 5. The van der Waals surface area contributed by atoms with Gasteiger partial charge >= 0.3 is 5.69 Å². The standard InChI is InChI=1S/C27H37N5O4/c1-19(2)11-12-32(23-17-28(5)27(36)29(6)26(23)35)24(33)18-30-13-15-31(16-14-30)25(34)22-9-7-21(8-10-22)20(3)4/h7-11,17,20H,12-16,18H2,1-6H3. The van der Waals surface area contributed by atoms with Crippen molar-refractivity contribution in [3.63, 3.8) is 0 Å². The molecule has 3 rings (SSSR count). The topological polar surface area (TPSA) is 87.9 Å². The van der Waals surface area contributed by atoms with Crippen LogP contribution < -0.4 is 16.1 Å². The number of aromatic nitrogens is 2. The Morgan fingerprint density at radius 2 is 1.61 bits per heavy atom. The van der Waals surface area contributed by atoms with Gasteiger partial charge in [-0.05, 0) is 37.5 Å². The summed E-state index contributed by atoms with van der Waals surface area (Å²) in [4.78, 5) is 56.5. The highest BCUT2D eigenvalue weighted by molar-refractivity contribution is 5.95. The van der Waals surface area contributed by atoms with Gasteiger partial charge in [0.2, 0.25) is 5.91 Å². The summed E-state index contributed by atoms with van der Waals surface area (Å²) in [7, 11) is 2.96. The summed E-state index contributed by atoms with van der Waals surface area (Å²) in [6.07, 6.45) is 3.30. The molecule has 0 radical (unpaired) electrons. The van der Waals surface area contributed by atoms with Crippen LogP contribution >= 0.6 is 0 Å². The van der Waals surface area contributed by atoms with E-state index in [1.807, 2.05) is 54.0 Å². The molecule has 1 saturated heterocycles. The average Bonchev–Trinajstić information content (AvgIpc) is 2.85. The molecule has 1 fully saturated rings. The fourth-order valence-electron chi connectivity index (χ4n) is 4.16. The average molecular weight is 496 g/mol. The van der Waals surface area contributed by atoms with Crippen molar-refractivity contribution in [3.05, 3.63) is 74.1 Å². The van der Waals surface area contributed by atoms with Gasteiger partial charge in [-0.3, -0.25) is 23.9 Å². The number of anilines is 1. The smallest absolute Gasteiger partial charge is 0.330 e. The van der Waals surface area contributed by atoms with Gasteiger partial charge < -0.3 is 14.4 Å². The van der Waals surface area contributed by atoms with Crippen LogP contribution in [0.2, 0.25) is 0 Å². The molecule has 0 bridgehead atoms. The number of aryl methyl sites for hydroxylation is 1. The minimum atomic E-state index is -0.507. The van der Waals surface area contributed by atoms with Gasteiger partial charge in [-0.1, -0.05) is 37.6 Å². The van der Waals surface area contributed by atoms with Crippen LogP contribution in [0.5, 0.6) is 0 Å². The number of piperazine rings is 1. The SMILES string of the molecule is CC(C)=CCN(C(=O)CN1CCN(C(=O)c2ccc(C(C)C)cc2)CC1)c1cn(C)c(=O)n(C)c1=O. The highest BCUT2D eigenvalue weighted by atomic mass is 16.2. The van der Waals surface area contributed by atoms with Crippen LogP contribution in [-0.4, -0.2) is 70.0 Å². The van der Waals surface area contributed by atoms with E-state index in [1.165, 1.54) is 28.3 Å². The predicted molar refractivity (Wildman–Crippen MR) is 142 cm³/mol. The second kappa shape index (κ2) is 11.5. The first-order valence-corrected chi connectivity index (χ1v) is 12.3. The molecule has 1 aromatic heterocycles. The van der Waals surface area contributed by atoms with Crippen LogP contribution in [0.15, 0.2) is 51.7 Å². The molecule has 0 unspecified atom stereocenters. The van der Waals surface area contributed by atoms with Crippen molar-refractivity contribution in [2.75, 3.05) is 44.2 Å². The van der Waals surface area contributed by atoms with Crippen LogP contribution in [0.3, 0.4) is 0 Å². The summed E-state index contributed by atoms with van der Waals surface area (Å²) in [6, 6.07) is 7.75. The molecule has 1 aliphatic heterocycles. The Hall–Kier alpha value is -3.46. The number of rotatable bonds is 7. The summed E-state index contributed by atoms with van der Waals surface area (Å²) in [5.74, 6) is 0.176. The van der Waals surface area contributed by atoms with Crippen molar-refractivity contribution in [1.29, 1.82) is 0 Å². The minimum absolute atomic E-state index is 0.00448. The predicted octanol–water partition coefficient (Wildman–Crippen LogP) is 1.96. The zero-order valence-electron chi connectivity index (χ0n) is 22.2.